The molecule has 2 saturated carbocycles. The van der Waals surface area contributed by atoms with Crippen LogP contribution in [-0.4, -0.2) is 11.5 Å². The van der Waals surface area contributed by atoms with E-state index < -0.39 is 0 Å². The van der Waals surface area contributed by atoms with Crippen LogP contribution >= 0.6 is 11.6 Å². The minimum atomic E-state index is 0.251. The molecule has 1 spiro atoms. The first kappa shape index (κ1) is 14.3. The van der Waals surface area contributed by atoms with Crippen molar-refractivity contribution in [1.82, 2.24) is 0 Å². The Balaban J connectivity index is 1.69. The SMILES string of the molecule is CCc1ccc(OC2CC(Cl)C23CCCCCC3)cc1. The summed E-state index contributed by atoms with van der Waals surface area (Å²) in [5, 5.41) is 0.320. The quantitative estimate of drug-likeness (QED) is 0.683. The molecule has 0 bridgehead atoms. The van der Waals surface area contributed by atoms with E-state index in [0.717, 1.165) is 18.6 Å². The van der Waals surface area contributed by atoms with E-state index in [1.165, 1.54) is 44.1 Å². The maximum absolute atomic E-state index is 6.59. The highest BCUT2D eigenvalue weighted by Gasteiger charge is 2.55. The van der Waals surface area contributed by atoms with Gasteiger partial charge in [-0.15, -0.1) is 11.6 Å². The second-order valence-corrected chi connectivity index (χ2v) is 6.98. The Morgan fingerprint density at radius 2 is 1.75 bits per heavy atom. The summed E-state index contributed by atoms with van der Waals surface area (Å²) in [7, 11) is 0. The number of hydrogen-bond acceptors (Lipinski definition) is 1. The van der Waals surface area contributed by atoms with Gasteiger partial charge < -0.3 is 4.74 Å². The van der Waals surface area contributed by atoms with Crippen molar-refractivity contribution in [2.75, 3.05) is 0 Å². The number of aryl methyl sites for hydroxylation is 1. The van der Waals surface area contributed by atoms with Crippen molar-refractivity contribution in [3.05, 3.63) is 29.8 Å². The van der Waals surface area contributed by atoms with Gasteiger partial charge in [-0.3, -0.25) is 0 Å². The molecule has 20 heavy (non-hydrogen) atoms. The Kier molecular flexibility index (Phi) is 4.26. The van der Waals surface area contributed by atoms with E-state index in [2.05, 4.69) is 31.2 Å². The van der Waals surface area contributed by atoms with Crippen LogP contribution in [0.4, 0.5) is 0 Å². The molecule has 3 rings (SSSR count). The monoisotopic (exact) mass is 292 g/mol. The third kappa shape index (κ3) is 2.57. The topological polar surface area (TPSA) is 9.23 Å². The number of rotatable bonds is 3. The Morgan fingerprint density at radius 3 is 2.30 bits per heavy atom. The molecule has 110 valence electrons. The van der Waals surface area contributed by atoms with Gasteiger partial charge in [0.15, 0.2) is 0 Å². The first-order valence-electron chi connectivity index (χ1n) is 8.14. The summed E-state index contributed by atoms with van der Waals surface area (Å²) in [6.45, 7) is 2.18. The van der Waals surface area contributed by atoms with Crippen LogP contribution in [-0.2, 0) is 6.42 Å². The lowest BCUT2D eigenvalue weighted by atomic mass is 9.61. The Bertz CT molecular complexity index is 431. The van der Waals surface area contributed by atoms with Gasteiger partial charge in [0.1, 0.15) is 11.9 Å². The smallest absolute Gasteiger partial charge is 0.119 e. The van der Waals surface area contributed by atoms with Crippen LogP contribution in [0.1, 0.15) is 57.4 Å². The van der Waals surface area contributed by atoms with Gasteiger partial charge in [0.2, 0.25) is 0 Å². The summed E-state index contributed by atoms with van der Waals surface area (Å²) >= 11 is 6.59. The van der Waals surface area contributed by atoms with Gasteiger partial charge in [0, 0.05) is 17.2 Å². The number of alkyl halides is 1. The van der Waals surface area contributed by atoms with Crippen molar-refractivity contribution in [2.24, 2.45) is 5.41 Å². The predicted octanol–water partition coefficient (Wildman–Crippen LogP) is 5.35. The molecule has 2 aliphatic rings. The lowest BCUT2D eigenvalue weighted by Crippen LogP contribution is -2.57. The zero-order valence-corrected chi connectivity index (χ0v) is 13.2. The van der Waals surface area contributed by atoms with Gasteiger partial charge in [-0.25, -0.2) is 0 Å². The lowest BCUT2D eigenvalue weighted by molar-refractivity contribution is -0.0512. The number of halogens is 1. The molecule has 2 unspecified atom stereocenters. The van der Waals surface area contributed by atoms with Crippen LogP contribution in [0.2, 0.25) is 0 Å². The van der Waals surface area contributed by atoms with Gasteiger partial charge >= 0.3 is 0 Å². The van der Waals surface area contributed by atoms with Gasteiger partial charge in [-0.05, 0) is 37.0 Å². The molecule has 0 heterocycles. The number of hydrogen-bond donors (Lipinski definition) is 0. The fraction of sp³-hybridized carbons (Fsp3) is 0.667. The summed E-state index contributed by atoms with van der Waals surface area (Å²) in [4.78, 5) is 0. The highest BCUT2D eigenvalue weighted by molar-refractivity contribution is 6.21. The van der Waals surface area contributed by atoms with Crippen molar-refractivity contribution in [1.29, 1.82) is 0 Å². The van der Waals surface area contributed by atoms with Gasteiger partial charge in [-0.2, -0.15) is 0 Å². The molecular formula is C18H25ClO. The standard InChI is InChI=1S/C18H25ClO/c1-2-14-7-9-15(10-8-14)20-17-13-16(19)18(17)11-5-3-4-6-12-18/h7-10,16-17H,2-6,11-13H2,1H3. The molecule has 1 aromatic carbocycles. The van der Waals surface area contributed by atoms with Crippen molar-refractivity contribution >= 4 is 11.6 Å². The molecule has 2 atom stereocenters. The third-order valence-corrected chi connectivity index (χ3v) is 5.94. The average Bonchev–Trinajstić information content (AvgIpc) is 2.76. The molecular weight excluding hydrogens is 268 g/mol. The zero-order chi connectivity index (χ0) is 14.0. The van der Waals surface area contributed by atoms with Crippen LogP contribution in [0.3, 0.4) is 0 Å². The number of ether oxygens (including phenoxy) is 1. The highest BCUT2D eigenvalue weighted by Crippen LogP contribution is 2.54. The van der Waals surface area contributed by atoms with E-state index in [0.29, 0.717) is 11.5 Å². The fourth-order valence-corrected chi connectivity index (χ4v) is 4.37. The molecule has 2 aliphatic carbocycles. The predicted molar refractivity (Wildman–Crippen MR) is 84.6 cm³/mol. The summed E-state index contributed by atoms with van der Waals surface area (Å²) in [5.74, 6) is 1.01. The first-order valence-corrected chi connectivity index (χ1v) is 8.58. The third-order valence-electron chi connectivity index (χ3n) is 5.33. The summed E-state index contributed by atoms with van der Waals surface area (Å²) < 4.78 is 6.28. The molecule has 1 nitrogen and oxygen atoms in total. The highest BCUT2D eigenvalue weighted by atomic mass is 35.5. The van der Waals surface area contributed by atoms with Crippen LogP contribution < -0.4 is 4.74 Å². The Labute approximate surface area is 127 Å². The summed E-state index contributed by atoms with van der Waals surface area (Å²) in [6.07, 6.45) is 10.3. The summed E-state index contributed by atoms with van der Waals surface area (Å²) in [6, 6.07) is 8.58. The van der Waals surface area contributed by atoms with Gasteiger partial charge in [0.25, 0.3) is 0 Å². The molecule has 1 aromatic rings. The van der Waals surface area contributed by atoms with Crippen LogP contribution in [0.15, 0.2) is 24.3 Å². The molecule has 0 amide bonds. The second-order valence-electron chi connectivity index (χ2n) is 6.45. The largest absolute Gasteiger partial charge is 0.490 e. The van der Waals surface area contributed by atoms with Crippen molar-refractivity contribution in [2.45, 2.75) is 69.8 Å². The van der Waals surface area contributed by atoms with E-state index in [4.69, 9.17) is 16.3 Å². The minimum absolute atomic E-state index is 0.251. The van der Waals surface area contributed by atoms with Crippen LogP contribution in [0.5, 0.6) is 5.75 Å². The lowest BCUT2D eigenvalue weighted by Gasteiger charge is -2.53. The first-order chi connectivity index (χ1) is 9.74. The maximum atomic E-state index is 6.59. The van der Waals surface area contributed by atoms with E-state index in [1.54, 1.807) is 0 Å². The van der Waals surface area contributed by atoms with Crippen LogP contribution in [0.25, 0.3) is 0 Å². The van der Waals surface area contributed by atoms with E-state index in [1.807, 2.05) is 0 Å². The fourth-order valence-electron chi connectivity index (χ4n) is 3.85. The van der Waals surface area contributed by atoms with Gasteiger partial charge in [0.05, 0.1) is 0 Å². The summed E-state index contributed by atoms with van der Waals surface area (Å²) in [5.41, 5.74) is 1.62. The molecule has 0 radical (unpaired) electrons. The van der Waals surface area contributed by atoms with E-state index in [-0.39, 0.29) is 5.41 Å². The molecule has 2 heteroatoms. The average molecular weight is 293 g/mol. The van der Waals surface area contributed by atoms with Crippen molar-refractivity contribution < 1.29 is 4.74 Å². The minimum Gasteiger partial charge on any atom is -0.490 e. The molecule has 0 aliphatic heterocycles. The van der Waals surface area contributed by atoms with Crippen LogP contribution in [0, 0.1) is 5.41 Å². The zero-order valence-electron chi connectivity index (χ0n) is 12.4. The van der Waals surface area contributed by atoms with E-state index >= 15 is 0 Å². The molecule has 0 N–H and O–H groups in total. The van der Waals surface area contributed by atoms with Crippen molar-refractivity contribution in [3.8, 4) is 5.75 Å². The molecule has 0 aromatic heterocycles. The van der Waals surface area contributed by atoms with Crippen molar-refractivity contribution in [3.63, 3.8) is 0 Å². The normalized spacial score (nSPS) is 28.7. The Hall–Kier alpha value is -0.690. The maximum Gasteiger partial charge on any atom is 0.119 e. The second kappa shape index (κ2) is 5.97. The number of benzene rings is 1. The van der Waals surface area contributed by atoms with E-state index in [9.17, 15) is 0 Å². The van der Waals surface area contributed by atoms with Gasteiger partial charge in [-0.1, -0.05) is 44.7 Å². The molecule has 0 saturated heterocycles. The molecule has 2 fully saturated rings. The Morgan fingerprint density at radius 1 is 1.10 bits per heavy atom.